The van der Waals surface area contributed by atoms with Crippen molar-refractivity contribution in [1.29, 1.82) is 0 Å². The molecule has 0 aliphatic carbocycles. The Morgan fingerprint density at radius 3 is 2.82 bits per heavy atom. The van der Waals surface area contributed by atoms with E-state index in [1.807, 2.05) is 6.07 Å². The fourth-order valence-corrected chi connectivity index (χ4v) is 1.76. The monoisotopic (exact) mass is 254 g/mol. The van der Waals surface area contributed by atoms with E-state index in [1.165, 1.54) is 0 Å². The van der Waals surface area contributed by atoms with Gasteiger partial charge in [0.1, 0.15) is 6.29 Å². The third-order valence-electron chi connectivity index (χ3n) is 2.32. The van der Waals surface area contributed by atoms with Crippen molar-refractivity contribution in [1.82, 2.24) is 0 Å². The van der Waals surface area contributed by atoms with Crippen LogP contribution < -0.4 is 0 Å². The lowest BCUT2D eigenvalue weighted by molar-refractivity contribution is -0.107. The minimum atomic E-state index is -0.406. The van der Waals surface area contributed by atoms with Gasteiger partial charge in [-0.25, -0.2) is 4.79 Å². The molecule has 0 saturated carbocycles. The van der Waals surface area contributed by atoms with E-state index in [0.717, 1.165) is 24.7 Å². The summed E-state index contributed by atoms with van der Waals surface area (Å²) in [6.45, 7) is 2.08. The third-order valence-corrected chi connectivity index (χ3v) is 2.63. The third kappa shape index (κ3) is 4.19. The van der Waals surface area contributed by atoms with Gasteiger partial charge in [0.05, 0.1) is 17.2 Å². The van der Waals surface area contributed by atoms with Crippen LogP contribution in [0.5, 0.6) is 0 Å². The molecule has 0 N–H and O–H groups in total. The number of esters is 1. The Kier molecular flexibility index (Phi) is 5.70. The maximum absolute atomic E-state index is 11.5. The van der Waals surface area contributed by atoms with E-state index in [9.17, 15) is 9.59 Å². The highest BCUT2D eigenvalue weighted by molar-refractivity contribution is 6.33. The predicted molar refractivity (Wildman–Crippen MR) is 66.4 cm³/mol. The van der Waals surface area contributed by atoms with Crippen LogP contribution in [0.15, 0.2) is 18.2 Å². The maximum Gasteiger partial charge on any atom is 0.339 e. The van der Waals surface area contributed by atoms with Crippen LogP contribution in [0.3, 0.4) is 0 Å². The van der Waals surface area contributed by atoms with E-state index in [2.05, 4.69) is 0 Å². The van der Waals surface area contributed by atoms with Gasteiger partial charge in [-0.2, -0.15) is 0 Å². The second-order valence-electron chi connectivity index (χ2n) is 3.59. The number of hydrogen-bond donors (Lipinski definition) is 0. The SMILES string of the molecule is CCOC(=O)c1ccc(CCCC=O)cc1Cl. The van der Waals surface area contributed by atoms with Crippen molar-refractivity contribution in [3.05, 3.63) is 34.3 Å². The molecule has 0 fully saturated rings. The van der Waals surface area contributed by atoms with Gasteiger partial charge in [0, 0.05) is 6.42 Å². The molecule has 0 aliphatic heterocycles. The summed E-state index contributed by atoms with van der Waals surface area (Å²) in [6, 6.07) is 5.25. The molecule has 0 radical (unpaired) electrons. The number of rotatable bonds is 6. The Labute approximate surface area is 106 Å². The number of carbonyl (C=O) groups is 2. The first-order valence-electron chi connectivity index (χ1n) is 5.58. The molecule has 92 valence electrons. The second-order valence-corrected chi connectivity index (χ2v) is 4.00. The molecule has 0 bridgehead atoms. The number of ether oxygens (including phenoxy) is 1. The number of carbonyl (C=O) groups excluding carboxylic acids is 2. The predicted octanol–water partition coefficient (Wildman–Crippen LogP) is 3.04. The van der Waals surface area contributed by atoms with Gasteiger partial charge in [-0.3, -0.25) is 0 Å². The average molecular weight is 255 g/mol. The number of aryl methyl sites for hydroxylation is 1. The summed E-state index contributed by atoms with van der Waals surface area (Å²) in [6.07, 6.45) is 3.01. The molecular formula is C13H15ClO3. The summed E-state index contributed by atoms with van der Waals surface area (Å²) in [4.78, 5) is 21.7. The lowest BCUT2D eigenvalue weighted by atomic mass is 10.1. The Morgan fingerprint density at radius 2 is 2.24 bits per heavy atom. The van der Waals surface area contributed by atoms with Crippen molar-refractivity contribution >= 4 is 23.9 Å². The van der Waals surface area contributed by atoms with Gasteiger partial charge in [-0.1, -0.05) is 17.7 Å². The van der Waals surface area contributed by atoms with Crippen molar-refractivity contribution in [2.75, 3.05) is 6.61 Å². The molecule has 0 unspecified atom stereocenters. The topological polar surface area (TPSA) is 43.4 Å². The highest BCUT2D eigenvalue weighted by Gasteiger charge is 2.11. The number of benzene rings is 1. The molecule has 1 aromatic carbocycles. The molecular weight excluding hydrogens is 240 g/mol. The second kappa shape index (κ2) is 7.07. The van der Waals surface area contributed by atoms with E-state index < -0.39 is 5.97 Å². The van der Waals surface area contributed by atoms with Crippen molar-refractivity contribution in [2.24, 2.45) is 0 Å². The molecule has 0 amide bonds. The first-order valence-corrected chi connectivity index (χ1v) is 5.96. The largest absolute Gasteiger partial charge is 0.462 e. The molecule has 17 heavy (non-hydrogen) atoms. The van der Waals surface area contributed by atoms with E-state index >= 15 is 0 Å². The zero-order valence-electron chi connectivity index (χ0n) is 9.74. The molecule has 4 heteroatoms. The van der Waals surface area contributed by atoms with E-state index in [-0.39, 0.29) is 0 Å². The zero-order valence-corrected chi connectivity index (χ0v) is 10.5. The lowest BCUT2D eigenvalue weighted by Crippen LogP contribution is -2.05. The number of hydrogen-bond acceptors (Lipinski definition) is 3. The quantitative estimate of drug-likeness (QED) is 0.445. The van der Waals surface area contributed by atoms with Gasteiger partial charge in [-0.05, 0) is 37.5 Å². The first-order chi connectivity index (χ1) is 8.19. The van der Waals surface area contributed by atoms with Gasteiger partial charge >= 0.3 is 5.97 Å². The smallest absolute Gasteiger partial charge is 0.339 e. The lowest BCUT2D eigenvalue weighted by Gasteiger charge is -2.06. The van der Waals surface area contributed by atoms with Gasteiger partial charge in [0.25, 0.3) is 0 Å². The molecule has 0 aromatic heterocycles. The van der Waals surface area contributed by atoms with Crippen LogP contribution in [0.25, 0.3) is 0 Å². The van der Waals surface area contributed by atoms with Gasteiger partial charge in [-0.15, -0.1) is 0 Å². The van der Waals surface area contributed by atoms with Gasteiger partial charge in [0.15, 0.2) is 0 Å². The van der Waals surface area contributed by atoms with Gasteiger partial charge < -0.3 is 9.53 Å². The molecule has 0 heterocycles. The summed E-state index contributed by atoms with van der Waals surface area (Å²) in [5, 5.41) is 0.395. The molecule has 0 atom stereocenters. The van der Waals surface area contributed by atoms with E-state index in [0.29, 0.717) is 23.6 Å². The van der Waals surface area contributed by atoms with Crippen LogP contribution in [0.2, 0.25) is 5.02 Å². The fourth-order valence-electron chi connectivity index (χ4n) is 1.48. The summed E-state index contributed by atoms with van der Waals surface area (Å²) in [5.74, 6) is -0.406. The molecule has 1 aromatic rings. The molecule has 0 aliphatic rings. The number of aldehydes is 1. The maximum atomic E-state index is 11.5. The molecule has 3 nitrogen and oxygen atoms in total. The Hall–Kier alpha value is -1.35. The van der Waals surface area contributed by atoms with Crippen molar-refractivity contribution < 1.29 is 14.3 Å². The van der Waals surface area contributed by atoms with Crippen molar-refractivity contribution in [2.45, 2.75) is 26.2 Å². The summed E-state index contributed by atoms with van der Waals surface area (Å²) >= 11 is 6.00. The minimum Gasteiger partial charge on any atom is -0.462 e. The van der Waals surface area contributed by atoms with Crippen molar-refractivity contribution in [3.63, 3.8) is 0 Å². The number of halogens is 1. The van der Waals surface area contributed by atoms with Crippen molar-refractivity contribution in [3.8, 4) is 0 Å². The molecule has 0 spiro atoms. The minimum absolute atomic E-state index is 0.330. The van der Waals surface area contributed by atoms with Crippen LogP contribution in [0.4, 0.5) is 0 Å². The summed E-state index contributed by atoms with van der Waals surface area (Å²) < 4.78 is 4.88. The fraction of sp³-hybridized carbons (Fsp3) is 0.385. The summed E-state index contributed by atoms with van der Waals surface area (Å²) in [5.41, 5.74) is 1.40. The molecule has 1 rings (SSSR count). The standard InChI is InChI=1S/C13H15ClO3/c1-2-17-13(16)11-7-6-10(9-12(11)14)5-3-4-8-15/h6-9H,2-5H2,1H3. The van der Waals surface area contributed by atoms with Crippen LogP contribution in [0, 0.1) is 0 Å². The van der Waals surface area contributed by atoms with E-state index in [1.54, 1.807) is 19.1 Å². The first kappa shape index (κ1) is 13.7. The van der Waals surface area contributed by atoms with Gasteiger partial charge in [0.2, 0.25) is 0 Å². The highest BCUT2D eigenvalue weighted by Crippen LogP contribution is 2.20. The van der Waals surface area contributed by atoms with Crippen LogP contribution in [-0.4, -0.2) is 18.9 Å². The average Bonchev–Trinajstić information content (AvgIpc) is 2.29. The zero-order chi connectivity index (χ0) is 12.7. The highest BCUT2D eigenvalue weighted by atomic mass is 35.5. The number of unbranched alkanes of at least 4 members (excludes halogenated alkanes) is 1. The van der Waals surface area contributed by atoms with Crippen LogP contribution in [0.1, 0.15) is 35.7 Å². The molecule has 0 saturated heterocycles. The summed E-state index contributed by atoms with van der Waals surface area (Å²) in [7, 11) is 0. The Bertz CT molecular complexity index is 402. The van der Waals surface area contributed by atoms with E-state index in [4.69, 9.17) is 16.3 Å². The van der Waals surface area contributed by atoms with Crippen LogP contribution >= 0.6 is 11.6 Å². The Morgan fingerprint density at radius 1 is 1.47 bits per heavy atom. The normalized spacial score (nSPS) is 10.0. The Balaban J connectivity index is 2.71. The van der Waals surface area contributed by atoms with Crippen LogP contribution in [-0.2, 0) is 16.0 Å².